The number of hydrogen-bond donors (Lipinski definition) is 0. The number of azo groups is 1. The summed E-state index contributed by atoms with van der Waals surface area (Å²) in [5.74, 6) is 1.83. The van der Waals surface area contributed by atoms with E-state index in [1.165, 1.54) is 19.3 Å². The molecule has 0 aliphatic heterocycles. The van der Waals surface area contributed by atoms with Gasteiger partial charge >= 0.3 is 6.30 Å². The first-order valence-corrected chi connectivity index (χ1v) is 5.95. The van der Waals surface area contributed by atoms with E-state index in [-0.39, 0.29) is 0 Å². The zero-order valence-corrected chi connectivity index (χ0v) is 9.00. The van der Waals surface area contributed by atoms with Gasteiger partial charge in [-0.25, -0.2) is 0 Å². The molecule has 0 aromatic rings. The highest BCUT2D eigenvalue weighted by Crippen LogP contribution is 2.57. The number of hydrogen-bond acceptors (Lipinski definition) is 2. The molecule has 5 heteroatoms. The maximum absolute atomic E-state index is 12.1. The molecule has 0 heterocycles. The molecule has 4 aliphatic rings. The Morgan fingerprint density at radius 3 is 1.69 bits per heavy atom. The molecule has 0 atom stereocenters. The topological polar surface area (TPSA) is 24.7 Å². The minimum atomic E-state index is -4.50. The molecular formula is C11H15F3N2. The zero-order chi connectivity index (χ0) is 11.4. The predicted molar refractivity (Wildman–Crippen MR) is 51.8 cm³/mol. The number of alkyl halides is 3. The predicted octanol–water partition coefficient (Wildman–Crippen LogP) is 3.93. The monoisotopic (exact) mass is 232 g/mol. The van der Waals surface area contributed by atoms with Crippen LogP contribution < -0.4 is 0 Å². The zero-order valence-electron chi connectivity index (χ0n) is 9.00. The molecule has 0 saturated heterocycles. The van der Waals surface area contributed by atoms with Crippen LogP contribution in [-0.2, 0) is 0 Å². The Bertz CT molecular complexity index is 286. The molecule has 0 N–H and O–H groups in total. The van der Waals surface area contributed by atoms with Gasteiger partial charge in [0.05, 0.1) is 5.54 Å². The van der Waals surface area contributed by atoms with Gasteiger partial charge in [-0.3, -0.25) is 0 Å². The average Bonchev–Trinajstić information content (AvgIpc) is 2.11. The number of rotatable bonds is 1. The molecule has 4 rings (SSSR count). The maximum atomic E-state index is 12.1. The van der Waals surface area contributed by atoms with Gasteiger partial charge in [0.1, 0.15) is 0 Å². The van der Waals surface area contributed by atoms with Gasteiger partial charge in [-0.05, 0) is 56.3 Å². The van der Waals surface area contributed by atoms with Crippen molar-refractivity contribution in [3.05, 3.63) is 0 Å². The maximum Gasteiger partial charge on any atom is 0.520 e. The third kappa shape index (κ3) is 1.84. The lowest BCUT2D eigenvalue weighted by Crippen LogP contribution is -2.49. The molecule has 4 bridgehead atoms. The average molecular weight is 232 g/mol. The van der Waals surface area contributed by atoms with E-state index in [2.05, 4.69) is 10.2 Å². The van der Waals surface area contributed by atoms with Crippen molar-refractivity contribution in [3.63, 3.8) is 0 Å². The third-order valence-corrected chi connectivity index (χ3v) is 4.38. The molecule has 16 heavy (non-hydrogen) atoms. The van der Waals surface area contributed by atoms with Gasteiger partial charge < -0.3 is 0 Å². The van der Waals surface area contributed by atoms with Crippen molar-refractivity contribution >= 4 is 0 Å². The third-order valence-electron chi connectivity index (χ3n) is 4.38. The Morgan fingerprint density at radius 1 is 0.875 bits per heavy atom. The van der Waals surface area contributed by atoms with Gasteiger partial charge in [0.25, 0.3) is 0 Å². The SMILES string of the molecule is FC(F)(F)N=NC12CC3CC(CC(C3)C1)C2. The van der Waals surface area contributed by atoms with Gasteiger partial charge in [-0.2, -0.15) is 5.11 Å². The minimum Gasteiger partial charge on any atom is -0.179 e. The molecular weight excluding hydrogens is 217 g/mol. The van der Waals surface area contributed by atoms with Crippen LogP contribution in [0.5, 0.6) is 0 Å². The fraction of sp³-hybridized carbons (Fsp3) is 1.00. The normalized spacial score (nSPS) is 46.8. The van der Waals surface area contributed by atoms with E-state index >= 15 is 0 Å². The van der Waals surface area contributed by atoms with Crippen molar-refractivity contribution in [2.24, 2.45) is 28.0 Å². The number of nitrogens with zero attached hydrogens (tertiary/aromatic N) is 2. The molecule has 0 spiro atoms. The Labute approximate surface area is 92.3 Å². The second-order valence-electron chi connectivity index (χ2n) is 5.81. The first-order chi connectivity index (χ1) is 7.44. The first-order valence-electron chi connectivity index (χ1n) is 5.95. The van der Waals surface area contributed by atoms with E-state index in [0.717, 1.165) is 19.3 Å². The molecule has 0 amide bonds. The van der Waals surface area contributed by atoms with Crippen molar-refractivity contribution in [1.82, 2.24) is 0 Å². The Morgan fingerprint density at radius 2 is 1.31 bits per heavy atom. The van der Waals surface area contributed by atoms with Crippen molar-refractivity contribution in [2.75, 3.05) is 0 Å². The van der Waals surface area contributed by atoms with E-state index in [1.54, 1.807) is 0 Å². The van der Waals surface area contributed by atoms with Gasteiger partial charge in [-0.1, -0.05) is 5.11 Å². The lowest BCUT2D eigenvalue weighted by Gasteiger charge is -2.54. The molecule has 4 fully saturated rings. The van der Waals surface area contributed by atoms with E-state index in [1.807, 2.05) is 0 Å². The van der Waals surface area contributed by atoms with Gasteiger partial charge in [0.2, 0.25) is 0 Å². The highest BCUT2D eigenvalue weighted by molar-refractivity contribution is 5.05. The number of halogens is 3. The Hall–Kier alpha value is -0.610. The minimum absolute atomic E-state index is 0.454. The lowest BCUT2D eigenvalue weighted by molar-refractivity contribution is -0.130. The van der Waals surface area contributed by atoms with Crippen LogP contribution >= 0.6 is 0 Å². The van der Waals surface area contributed by atoms with E-state index in [4.69, 9.17) is 0 Å². The Balaban J connectivity index is 1.81. The van der Waals surface area contributed by atoms with Gasteiger partial charge in [-0.15, -0.1) is 13.2 Å². The molecule has 2 nitrogen and oxygen atoms in total. The molecule has 4 saturated carbocycles. The van der Waals surface area contributed by atoms with Gasteiger partial charge in [0.15, 0.2) is 0 Å². The highest BCUT2D eigenvalue weighted by Gasteiger charge is 2.51. The van der Waals surface area contributed by atoms with Crippen LogP contribution in [0.4, 0.5) is 13.2 Å². The molecule has 90 valence electrons. The van der Waals surface area contributed by atoms with Crippen LogP contribution in [0.2, 0.25) is 0 Å². The quantitative estimate of drug-likeness (QED) is 0.483. The molecule has 0 aromatic carbocycles. The smallest absolute Gasteiger partial charge is 0.179 e. The summed E-state index contributed by atoms with van der Waals surface area (Å²) < 4.78 is 36.2. The van der Waals surface area contributed by atoms with Crippen LogP contribution in [0.3, 0.4) is 0 Å². The summed E-state index contributed by atoms with van der Waals surface area (Å²) in [7, 11) is 0. The summed E-state index contributed by atoms with van der Waals surface area (Å²) in [4.78, 5) is 0. The fourth-order valence-electron chi connectivity index (χ4n) is 4.35. The largest absolute Gasteiger partial charge is 0.520 e. The van der Waals surface area contributed by atoms with Crippen LogP contribution in [0.25, 0.3) is 0 Å². The van der Waals surface area contributed by atoms with Crippen molar-refractivity contribution in [1.29, 1.82) is 0 Å². The molecule has 0 radical (unpaired) electrons. The summed E-state index contributed by atoms with van der Waals surface area (Å²) in [5, 5.41) is 6.26. The molecule has 4 aliphatic carbocycles. The van der Waals surface area contributed by atoms with Crippen LogP contribution in [0.1, 0.15) is 38.5 Å². The van der Waals surface area contributed by atoms with Crippen molar-refractivity contribution < 1.29 is 13.2 Å². The highest BCUT2D eigenvalue weighted by atomic mass is 19.4. The second-order valence-corrected chi connectivity index (χ2v) is 5.81. The van der Waals surface area contributed by atoms with Gasteiger partial charge in [0, 0.05) is 0 Å². The fourth-order valence-corrected chi connectivity index (χ4v) is 4.35. The van der Waals surface area contributed by atoms with Crippen LogP contribution in [0, 0.1) is 17.8 Å². The molecule has 0 aromatic heterocycles. The first kappa shape index (κ1) is 10.5. The summed E-state index contributed by atoms with van der Waals surface area (Å²) in [6.45, 7) is 0. The summed E-state index contributed by atoms with van der Waals surface area (Å²) in [6.07, 6.45) is 1.63. The summed E-state index contributed by atoms with van der Waals surface area (Å²) >= 11 is 0. The van der Waals surface area contributed by atoms with E-state index in [9.17, 15) is 13.2 Å². The Kier molecular flexibility index (Phi) is 2.11. The van der Waals surface area contributed by atoms with Crippen molar-refractivity contribution in [2.45, 2.75) is 50.4 Å². The summed E-state index contributed by atoms with van der Waals surface area (Å²) in [6, 6.07) is 0. The summed E-state index contributed by atoms with van der Waals surface area (Å²) in [5.41, 5.74) is -0.454. The van der Waals surface area contributed by atoms with Crippen LogP contribution in [0.15, 0.2) is 10.2 Å². The molecule has 0 unspecified atom stereocenters. The second kappa shape index (κ2) is 3.20. The van der Waals surface area contributed by atoms with Crippen LogP contribution in [-0.4, -0.2) is 11.8 Å². The standard InChI is InChI=1S/C11H15F3N2/c12-11(13,14)16-15-10-4-7-1-8(5-10)3-9(2-7)6-10/h7-9H,1-6H2. The lowest BCUT2D eigenvalue weighted by atomic mass is 9.53. The van der Waals surface area contributed by atoms with Crippen molar-refractivity contribution in [3.8, 4) is 0 Å². The van der Waals surface area contributed by atoms with E-state index < -0.39 is 11.8 Å². The van der Waals surface area contributed by atoms with E-state index in [0.29, 0.717) is 17.8 Å².